The summed E-state index contributed by atoms with van der Waals surface area (Å²) in [6.45, 7) is 7.75. The molecule has 0 atom stereocenters. The maximum absolute atomic E-state index is 13.9. The van der Waals surface area contributed by atoms with Crippen molar-refractivity contribution in [2.75, 3.05) is 12.0 Å². The summed E-state index contributed by atoms with van der Waals surface area (Å²) in [5.74, 6) is -1.99. The molecule has 184 valence electrons. The molecule has 4 aromatic rings. The Morgan fingerprint density at radius 3 is 2.03 bits per heavy atom. The van der Waals surface area contributed by atoms with E-state index in [9.17, 15) is 27.5 Å². The predicted molar refractivity (Wildman–Crippen MR) is 131 cm³/mol. The lowest BCUT2D eigenvalue weighted by atomic mass is 10.2. The summed E-state index contributed by atoms with van der Waals surface area (Å²) in [6, 6.07) is 5.46. The van der Waals surface area contributed by atoms with Gasteiger partial charge in [0.25, 0.3) is 5.56 Å². The largest absolute Gasteiger partial charge is 0.508 e. The van der Waals surface area contributed by atoms with Gasteiger partial charge >= 0.3 is 0 Å². The molecule has 2 heterocycles. The molecule has 4 rings (SSSR count). The fourth-order valence-corrected chi connectivity index (χ4v) is 3.05. The van der Waals surface area contributed by atoms with Crippen LogP contribution in [0.3, 0.4) is 0 Å². The van der Waals surface area contributed by atoms with Crippen molar-refractivity contribution in [2.45, 2.75) is 27.7 Å². The van der Waals surface area contributed by atoms with Gasteiger partial charge < -0.3 is 5.11 Å². The summed E-state index contributed by atoms with van der Waals surface area (Å²) >= 11 is 3.02. The van der Waals surface area contributed by atoms with Crippen molar-refractivity contribution in [3.05, 3.63) is 81.4 Å². The van der Waals surface area contributed by atoms with Crippen LogP contribution in [0.5, 0.6) is 5.75 Å². The lowest BCUT2D eigenvalue weighted by molar-refractivity contribution is 0.468. The van der Waals surface area contributed by atoms with Gasteiger partial charge in [-0.05, 0) is 31.1 Å². The van der Waals surface area contributed by atoms with Gasteiger partial charge in [-0.3, -0.25) is 9.36 Å². The fourth-order valence-electron chi connectivity index (χ4n) is 2.40. The summed E-state index contributed by atoms with van der Waals surface area (Å²) in [7, 11) is 0. The number of hydrogen-bond acceptors (Lipinski definition) is 6. The summed E-state index contributed by atoms with van der Waals surface area (Å²) in [4.78, 5) is 20.5. The van der Waals surface area contributed by atoms with E-state index in [4.69, 9.17) is 0 Å². The highest BCUT2D eigenvalue weighted by molar-refractivity contribution is 7.98. The Kier molecular flexibility index (Phi) is 12.3. The van der Waals surface area contributed by atoms with Crippen molar-refractivity contribution >= 4 is 33.4 Å². The molecule has 2 aromatic carbocycles. The van der Waals surface area contributed by atoms with Crippen LogP contribution in [0.2, 0.25) is 0 Å². The molecule has 1 N–H and O–H groups in total. The first-order valence-electron chi connectivity index (χ1n) is 10.1. The molecule has 11 heteroatoms. The van der Waals surface area contributed by atoms with Gasteiger partial charge in [-0.15, -0.1) is 11.3 Å². The Hall–Kier alpha value is -2.92. The van der Waals surface area contributed by atoms with Gasteiger partial charge in [0, 0.05) is 24.3 Å². The van der Waals surface area contributed by atoms with Gasteiger partial charge in [0.2, 0.25) is 0 Å². The topological polar surface area (TPSA) is 68.0 Å². The number of fused-ring (bicyclic) bond motifs is 1. The SMILES string of the molecule is CC.CCSC.Cc1nc2ncsc2c(=O)n1-c1ccc(O)cc1F.Fc1cc(F)cc(F)c1. The lowest BCUT2D eigenvalue weighted by Gasteiger charge is -2.10. The molecular weight excluding hydrogens is 490 g/mol. The van der Waals surface area contributed by atoms with E-state index in [1.807, 2.05) is 25.6 Å². The Bertz CT molecular complexity index is 1210. The predicted octanol–water partition coefficient (Wildman–Crippen LogP) is 6.49. The molecule has 0 aliphatic rings. The lowest BCUT2D eigenvalue weighted by Crippen LogP contribution is -2.22. The van der Waals surface area contributed by atoms with Crippen LogP contribution in [-0.4, -0.2) is 31.7 Å². The minimum Gasteiger partial charge on any atom is -0.508 e. The van der Waals surface area contributed by atoms with Gasteiger partial charge in [0.15, 0.2) is 11.5 Å². The summed E-state index contributed by atoms with van der Waals surface area (Å²) in [5.41, 5.74) is 1.58. The van der Waals surface area contributed by atoms with E-state index < -0.39 is 23.3 Å². The second-order valence-electron chi connectivity index (χ2n) is 6.11. The van der Waals surface area contributed by atoms with Crippen LogP contribution >= 0.6 is 23.1 Å². The van der Waals surface area contributed by atoms with Gasteiger partial charge in [-0.25, -0.2) is 27.5 Å². The molecule has 0 aliphatic carbocycles. The van der Waals surface area contributed by atoms with Crippen molar-refractivity contribution in [3.63, 3.8) is 0 Å². The van der Waals surface area contributed by atoms with Crippen LogP contribution in [0, 0.1) is 30.2 Å². The number of rotatable bonds is 2. The second kappa shape index (κ2) is 14.4. The molecule has 5 nitrogen and oxygen atoms in total. The highest BCUT2D eigenvalue weighted by atomic mass is 32.2. The number of aromatic hydroxyl groups is 1. The second-order valence-corrected chi connectivity index (χ2v) is 8.11. The third-order valence-electron chi connectivity index (χ3n) is 3.83. The highest BCUT2D eigenvalue weighted by Gasteiger charge is 2.15. The van der Waals surface area contributed by atoms with Gasteiger partial charge in [0.1, 0.15) is 33.7 Å². The molecule has 0 fully saturated rings. The summed E-state index contributed by atoms with van der Waals surface area (Å²) in [5, 5.41) is 9.21. The molecule has 0 bridgehead atoms. The number of phenolic OH excluding ortho intramolecular Hbond substituents is 1. The highest BCUT2D eigenvalue weighted by Crippen LogP contribution is 2.20. The third kappa shape index (κ3) is 8.14. The zero-order chi connectivity index (χ0) is 25.8. The Labute approximate surface area is 203 Å². The Balaban J connectivity index is 0.000000322. The molecule has 0 aliphatic heterocycles. The van der Waals surface area contributed by atoms with Crippen LogP contribution in [-0.2, 0) is 0 Å². The number of nitrogens with zero attached hydrogens (tertiary/aromatic N) is 3. The van der Waals surface area contributed by atoms with E-state index in [2.05, 4.69) is 23.1 Å². The van der Waals surface area contributed by atoms with E-state index >= 15 is 0 Å². The number of aromatic nitrogens is 3. The molecule has 0 amide bonds. The van der Waals surface area contributed by atoms with Crippen LogP contribution in [0.25, 0.3) is 16.0 Å². The molecule has 2 aromatic heterocycles. The third-order valence-corrected chi connectivity index (χ3v) is 5.21. The van der Waals surface area contributed by atoms with Crippen molar-refractivity contribution in [3.8, 4) is 11.4 Å². The average molecular weight is 516 g/mol. The van der Waals surface area contributed by atoms with Gasteiger partial charge in [-0.1, -0.05) is 20.8 Å². The first-order valence-corrected chi connectivity index (χ1v) is 12.4. The van der Waals surface area contributed by atoms with Crippen molar-refractivity contribution in [1.29, 1.82) is 0 Å². The normalized spacial score (nSPS) is 9.79. The van der Waals surface area contributed by atoms with E-state index in [1.165, 1.54) is 28.0 Å². The molecule has 0 spiro atoms. The van der Waals surface area contributed by atoms with Crippen LogP contribution in [0.15, 0.2) is 46.7 Å². The maximum Gasteiger partial charge on any atom is 0.277 e. The van der Waals surface area contributed by atoms with E-state index in [0.29, 0.717) is 34.4 Å². The number of benzene rings is 2. The number of thiazole rings is 1. The Morgan fingerprint density at radius 1 is 1.03 bits per heavy atom. The average Bonchev–Trinajstić information content (AvgIpc) is 3.25. The Morgan fingerprint density at radius 2 is 1.56 bits per heavy atom. The zero-order valence-electron chi connectivity index (χ0n) is 19.3. The minimum absolute atomic E-state index is 0.0584. The molecule has 0 unspecified atom stereocenters. The number of halogens is 4. The number of phenols is 1. The molecular formula is C23H25F4N3O2S2. The number of hydrogen-bond donors (Lipinski definition) is 1. The van der Waals surface area contributed by atoms with Crippen LogP contribution in [0.1, 0.15) is 26.6 Å². The minimum atomic E-state index is -0.896. The number of aryl methyl sites for hydroxylation is 1. The van der Waals surface area contributed by atoms with E-state index in [0.717, 1.165) is 17.4 Å². The molecule has 0 saturated carbocycles. The van der Waals surface area contributed by atoms with Crippen molar-refractivity contribution in [2.24, 2.45) is 0 Å². The fraction of sp³-hybridized carbons (Fsp3) is 0.261. The standard InChI is InChI=1S/C12H8FN3O2S.C6H3F3.C3H8S.C2H6/c1-6-15-11-10(19-5-14-11)12(18)16(6)9-3-2-7(17)4-8(9)13;7-4-1-5(8)3-6(9)2-4;1-3-4-2;1-2/h2-5,17H,1H3;1-3H;3H2,1-2H3;1-2H3. The van der Waals surface area contributed by atoms with Gasteiger partial charge in [-0.2, -0.15) is 11.8 Å². The first kappa shape index (κ1) is 29.1. The van der Waals surface area contributed by atoms with Crippen LogP contribution in [0.4, 0.5) is 17.6 Å². The molecule has 0 saturated heterocycles. The van der Waals surface area contributed by atoms with E-state index in [-0.39, 0.29) is 17.0 Å². The zero-order valence-corrected chi connectivity index (χ0v) is 20.9. The summed E-state index contributed by atoms with van der Waals surface area (Å²) in [6.07, 6.45) is 2.10. The quantitative estimate of drug-likeness (QED) is 0.309. The monoisotopic (exact) mass is 515 g/mol. The maximum atomic E-state index is 13.9. The summed E-state index contributed by atoms with van der Waals surface area (Å²) < 4.78 is 51.3. The van der Waals surface area contributed by atoms with E-state index in [1.54, 1.807) is 6.92 Å². The smallest absolute Gasteiger partial charge is 0.277 e. The number of thioether (sulfide) groups is 1. The molecule has 0 radical (unpaired) electrons. The molecule has 34 heavy (non-hydrogen) atoms. The first-order chi connectivity index (χ1) is 16.2. The van der Waals surface area contributed by atoms with Crippen LogP contribution < -0.4 is 5.56 Å². The van der Waals surface area contributed by atoms with Gasteiger partial charge in [0.05, 0.1) is 11.2 Å². The van der Waals surface area contributed by atoms with Crippen molar-refractivity contribution in [1.82, 2.24) is 14.5 Å². The van der Waals surface area contributed by atoms with Crippen molar-refractivity contribution < 1.29 is 22.7 Å².